The van der Waals surface area contributed by atoms with E-state index >= 15 is 0 Å². The maximum atomic E-state index is 13.8. The first kappa shape index (κ1) is 27.9. The van der Waals surface area contributed by atoms with Crippen LogP contribution in [0.5, 0.6) is 5.75 Å². The Morgan fingerprint density at radius 2 is 1.67 bits per heavy atom. The zero-order valence-corrected chi connectivity index (χ0v) is 25.2. The minimum Gasteiger partial charge on any atom is -0.488 e. The quantitative estimate of drug-likeness (QED) is 0.197. The highest BCUT2D eigenvalue weighted by Gasteiger charge is 2.33. The monoisotopic (exact) mass is 572 g/mol. The second-order valence-corrected chi connectivity index (χ2v) is 13.1. The van der Waals surface area contributed by atoms with Crippen LogP contribution in [0.1, 0.15) is 59.1 Å². The van der Waals surface area contributed by atoms with Gasteiger partial charge in [0.05, 0.1) is 5.56 Å². The standard InChI is InChI=1S/C37H36N2O2S/c1-37(2,3)27-19-20-30-33(22-27)42-36(34(30)35(40)39-28-15-8-5-9-16-28)38-23-31-29-17-11-10-14-26(29)18-21-32(31)41-24-25-12-6-4-7-13-25/h4-18,21,23,27H,19-20,22,24H2,1-3H3,(H,39,40)/t27-/m1/s1. The topological polar surface area (TPSA) is 50.7 Å². The van der Waals surface area contributed by atoms with E-state index in [1.807, 2.05) is 72.9 Å². The number of nitrogens with one attached hydrogen (secondary N) is 1. The Kier molecular flexibility index (Phi) is 7.94. The number of ether oxygens (including phenoxy) is 1. The average Bonchev–Trinajstić information content (AvgIpc) is 3.37. The molecule has 42 heavy (non-hydrogen) atoms. The number of anilines is 1. The zero-order valence-electron chi connectivity index (χ0n) is 24.4. The van der Waals surface area contributed by atoms with Crippen molar-refractivity contribution >= 4 is 44.9 Å². The van der Waals surface area contributed by atoms with Gasteiger partial charge in [0, 0.05) is 22.3 Å². The highest BCUT2D eigenvalue weighted by molar-refractivity contribution is 7.16. The second-order valence-electron chi connectivity index (χ2n) is 12.0. The van der Waals surface area contributed by atoms with Crippen LogP contribution in [0.25, 0.3) is 10.8 Å². The van der Waals surface area contributed by atoms with Gasteiger partial charge in [0.1, 0.15) is 17.4 Å². The summed E-state index contributed by atoms with van der Waals surface area (Å²) >= 11 is 1.66. The lowest BCUT2D eigenvalue weighted by atomic mass is 9.72. The number of para-hydroxylation sites is 1. The molecule has 0 unspecified atom stereocenters. The molecule has 0 saturated heterocycles. The molecule has 5 aromatic rings. The van der Waals surface area contributed by atoms with Crippen molar-refractivity contribution in [2.24, 2.45) is 16.3 Å². The summed E-state index contributed by atoms with van der Waals surface area (Å²) in [6.07, 6.45) is 4.83. The van der Waals surface area contributed by atoms with Crippen LogP contribution in [0.3, 0.4) is 0 Å². The predicted octanol–water partition coefficient (Wildman–Crippen LogP) is 9.63. The highest BCUT2D eigenvalue weighted by Crippen LogP contribution is 2.45. The number of thiophene rings is 1. The number of carbonyl (C=O) groups excluding carboxylic acids is 1. The Bertz CT molecular complexity index is 1730. The number of rotatable bonds is 7. The number of fused-ring (bicyclic) bond motifs is 2. The van der Waals surface area contributed by atoms with Crippen molar-refractivity contribution in [1.29, 1.82) is 0 Å². The Morgan fingerprint density at radius 3 is 2.43 bits per heavy atom. The van der Waals surface area contributed by atoms with Gasteiger partial charge in [0.25, 0.3) is 5.91 Å². The highest BCUT2D eigenvalue weighted by atomic mass is 32.1. The summed E-state index contributed by atoms with van der Waals surface area (Å²) in [5.41, 5.74) is 4.87. The fraction of sp³-hybridized carbons (Fsp3) is 0.243. The van der Waals surface area contributed by atoms with E-state index in [9.17, 15) is 4.79 Å². The van der Waals surface area contributed by atoms with Gasteiger partial charge in [-0.15, -0.1) is 11.3 Å². The molecule has 5 heteroatoms. The van der Waals surface area contributed by atoms with Crippen LogP contribution >= 0.6 is 11.3 Å². The van der Waals surface area contributed by atoms with Crippen LogP contribution < -0.4 is 10.1 Å². The van der Waals surface area contributed by atoms with Crippen molar-refractivity contribution in [2.75, 3.05) is 5.32 Å². The smallest absolute Gasteiger partial charge is 0.259 e. The summed E-state index contributed by atoms with van der Waals surface area (Å²) in [4.78, 5) is 20.1. The Balaban J connectivity index is 1.40. The molecule has 0 aliphatic heterocycles. The van der Waals surface area contributed by atoms with Crippen molar-refractivity contribution in [3.05, 3.63) is 124 Å². The van der Waals surface area contributed by atoms with E-state index in [0.717, 1.165) is 63.2 Å². The normalized spacial score (nSPS) is 15.1. The molecular formula is C37H36N2O2S. The first-order valence-electron chi connectivity index (χ1n) is 14.6. The van der Waals surface area contributed by atoms with Crippen molar-refractivity contribution < 1.29 is 9.53 Å². The third-order valence-electron chi connectivity index (χ3n) is 8.21. The van der Waals surface area contributed by atoms with Gasteiger partial charge >= 0.3 is 0 Å². The van der Waals surface area contributed by atoms with Crippen molar-refractivity contribution in [3.63, 3.8) is 0 Å². The number of aliphatic imine (C=N–C) groups is 1. The van der Waals surface area contributed by atoms with Gasteiger partial charge in [-0.25, -0.2) is 4.99 Å². The fourth-order valence-electron chi connectivity index (χ4n) is 5.74. The van der Waals surface area contributed by atoms with E-state index in [1.165, 1.54) is 4.88 Å². The van der Waals surface area contributed by atoms with Crippen molar-refractivity contribution in [1.82, 2.24) is 0 Å². The van der Waals surface area contributed by atoms with Gasteiger partial charge < -0.3 is 10.1 Å². The van der Waals surface area contributed by atoms with Gasteiger partial charge in [0.2, 0.25) is 0 Å². The van der Waals surface area contributed by atoms with Crippen LogP contribution in [0.15, 0.2) is 102 Å². The zero-order chi connectivity index (χ0) is 29.1. The molecule has 1 heterocycles. The van der Waals surface area contributed by atoms with Crippen LogP contribution in [-0.2, 0) is 19.4 Å². The van der Waals surface area contributed by atoms with Gasteiger partial charge in [-0.05, 0) is 70.7 Å². The van der Waals surface area contributed by atoms with E-state index in [-0.39, 0.29) is 11.3 Å². The van der Waals surface area contributed by atoms with Crippen molar-refractivity contribution in [3.8, 4) is 5.75 Å². The van der Waals surface area contributed by atoms with E-state index in [2.05, 4.69) is 56.4 Å². The number of carbonyl (C=O) groups is 1. The number of hydrogen-bond acceptors (Lipinski definition) is 4. The molecule has 1 atom stereocenters. The lowest BCUT2D eigenvalue weighted by molar-refractivity contribution is 0.102. The molecule has 1 aliphatic carbocycles. The molecule has 0 spiro atoms. The summed E-state index contributed by atoms with van der Waals surface area (Å²) in [6.45, 7) is 7.41. The molecule has 1 amide bonds. The molecular weight excluding hydrogens is 536 g/mol. The van der Waals surface area contributed by atoms with E-state index < -0.39 is 0 Å². The first-order valence-corrected chi connectivity index (χ1v) is 15.4. The molecule has 1 aromatic heterocycles. The van der Waals surface area contributed by atoms with Crippen LogP contribution in [0.4, 0.5) is 10.7 Å². The minimum atomic E-state index is -0.0986. The maximum Gasteiger partial charge on any atom is 0.259 e. The predicted molar refractivity (Wildman–Crippen MR) is 176 cm³/mol. The lowest BCUT2D eigenvalue weighted by Crippen LogP contribution is -2.27. The van der Waals surface area contributed by atoms with Gasteiger partial charge in [-0.3, -0.25) is 4.79 Å². The van der Waals surface area contributed by atoms with Crippen LogP contribution in [-0.4, -0.2) is 12.1 Å². The number of amides is 1. The Labute approximate surface area is 252 Å². The summed E-state index contributed by atoms with van der Waals surface area (Å²) in [7, 11) is 0. The Hall–Kier alpha value is -4.22. The number of nitrogens with zero attached hydrogens (tertiary/aromatic N) is 1. The average molecular weight is 573 g/mol. The van der Waals surface area contributed by atoms with Crippen molar-refractivity contribution in [2.45, 2.75) is 46.6 Å². The first-order chi connectivity index (χ1) is 20.4. The molecule has 0 radical (unpaired) electrons. The molecule has 1 aliphatic rings. The third-order valence-corrected chi connectivity index (χ3v) is 9.37. The molecule has 6 rings (SSSR count). The largest absolute Gasteiger partial charge is 0.488 e. The lowest BCUT2D eigenvalue weighted by Gasteiger charge is -2.33. The molecule has 4 nitrogen and oxygen atoms in total. The molecule has 0 saturated carbocycles. The third kappa shape index (κ3) is 6.02. The SMILES string of the molecule is CC(C)(C)[C@@H]1CCc2c(sc(N=Cc3c(OCc4ccccc4)ccc4ccccc34)c2C(=O)Nc2ccccc2)C1. The van der Waals surface area contributed by atoms with E-state index in [0.29, 0.717) is 18.1 Å². The number of hydrogen-bond donors (Lipinski definition) is 1. The second kappa shape index (κ2) is 11.9. The summed E-state index contributed by atoms with van der Waals surface area (Å²) < 4.78 is 6.34. The molecule has 0 fully saturated rings. The van der Waals surface area contributed by atoms with Crippen LogP contribution in [0.2, 0.25) is 0 Å². The van der Waals surface area contributed by atoms with Gasteiger partial charge in [0.15, 0.2) is 0 Å². The van der Waals surface area contributed by atoms with Gasteiger partial charge in [-0.2, -0.15) is 0 Å². The van der Waals surface area contributed by atoms with E-state index in [1.54, 1.807) is 11.3 Å². The molecule has 1 N–H and O–H groups in total. The summed E-state index contributed by atoms with van der Waals surface area (Å²) in [5.74, 6) is 1.24. The molecule has 4 aromatic carbocycles. The summed E-state index contributed by atoms with van der Waals surface area (Å²) in [5, 5.41) is 6.06. The molecule has 0 bridgehead atoms. The molecule has 212 valence electrons. The maximum absolute atomic E-state index is 13.8. The summed E-state index contributed by atoms with van der Waals surface area (Å²) in [6, 6.07) is 32.2. The van der Waals surface area contributed by atoms with E-state index in [4.69, 9.17) is 9.73 Å². The van der Waals surface area contributed by atoms with Crippen LogP contribution in [0, 0.1) is 11.3 Å². The van der Waals surface area contributed by atoms with Gasteiger partial charge in [-0.1, -0.05) is 99.6 Å². The number of benzene rings is 4. The fourth-order valence-corrected chi connectivity index (χ4v) is 7.01. The minimum absolute atomic E-state index is 0.0986. The Morgan fingerprint density at radius 1 is 0.952 bits per heavy atom.